The van der Waals surface area contributed by atoms with Crippen LogP contribution in [-0.2, 0) is 11.6 Å². The topological polar surface area (TPSA) is 0 Å². The molecule has 0 aliphatic rings. The number of rotatable bonds is 0. The minimum absolute atomic E-state index is 0.258. The average molecular weight is 276 g/mol. The Balaban J connectivity index is 0. The number of hydrogen-bond donors (Lipinski definition) is 0. The van der Waals surface area contributed by atoms with Crippen LogP contribution < -0.4 is 0 Å². The van der Waals surface area contributed by atoms with Crippen LogP contribution in [0.4, 0.5) is 13.2 Å². The van der Waals surface area contributed by atoms with Crippen LogP contribution in [0.15, 0.2) is 18.2 Å². The Hall–Kier alpha value is -0.990. The Labute approximate surface area is 116 Å². The smallest absolute Gasteiger partial charge is 0.166 e. The molecule has 0 saturated heterocycles. The zero-order valence-corrected chi connectivity index (χ0v) is 13.4. The molecule has 1 rings (SSSR count). The van der Waals surface area contributed by atoms with Gasteiger partial charge >= 0.3 is 6.18 Å². The van der Waals surface area contributed by atoms with Gasteiger partial charge in [0.25, 0.3) is 0 Å². The van der Waals surface area contributed by atoms with Crippen LogP contribution in [-0.4, -0.2) is 0 Å². The summed E-state index contributed by atoms with van der Waals surface area (Å²) < 4.78 is 37.6. The Morgan fingerprint density at radius 1 is 0.737 bits per heavy atom. The first-order chi connectivity index (χ1) is 8.60. The van der Waals surface area contributed by atoms with Crippen molar-refractivity contribution in [1.82, 2.24) is 0 Å². The quantitative estimate of drug-likeness (QED) is 0.517. The van der Waals surface area contributed by atoms with Gasteiger partial charge in [0.1, 0.15) is 0 Å². The van der Waals surface area contributed by atoms with E-state index < -0.39 is 11.7 Å². The highest BCUT2D eigenvalue weighted by Gasteiger charge is 2.31. The highest BCUT2D eigenvalue weighted by molar-refractivity contribution is 5.34. The molecule has 0 amide bonds. The summed E-state index contributed by atoms with van der Waals surface area (Å²) in [6.45, 7) is 15.4. The molecule has 0 nitrogen and oxygen atoms in total. The van der Waals surface area contributed by atoms with Gasteiger partial charge in [0.15, 0.2) is 0 Å². The summed E-state index contributed by atoms with van der Waals surface area (Å²) in [6.07, 6.45) is -4.26. The molecule has 0 spiro atoms. The lowest BCUT2D eigenvalue weighted by molar-refractivity contribution is -0.137. The molecule has 112 valence electrons. The number of benzene rings is 1. The van der Waals surface area contributed by atoms with Crippen LogP contribution in [0.1, 0.15) is 65.2 Å². The molecule has 0 unspecified atom stereocenters. The second-order valence-electron chi connectivity index (χ2n) is 4.84. The van der Waals surface area contributed by atoms with Crippen molar-refractivity contribution >= 4 is 0 Å². The van der Waals surface area contributed by atoms with Crippen molar-refractivity contribution in [2.24, 2.45) is 0 Å². The summed E-state index contributed by atoms with van der Waals surface area (Å²) in [4.78, 5) is 0. The van der Waals surface area contributed by atoms with Crippen LogP contribution in [0.5, 0.6) is 0 Å². The molecule has 0 fully saturated rings. The third-order valence-corrected chi connectivity index (χ3v) is 2.27. The fraction of sp³-hybridized carbons (Fsp3) is 0.625. The summed E-state index contributed by atoms with van der Waals surface area (Å²) in [5.41, 5.74) is 0.545. The lowest BCUT2D eigenvalue weighted by Gasteiger charge is -2.21. The van der Waals surface area contributed by atoms with E-state index >= 15 is 0 Å². The van der Waals surface area contributed by atoms with Gasteiger partial charge in [-0.05, 0) is 30.0 Å². The first-order valence-electron chi connectivity index (χ1n) is 6.80. The first kappa shape index (κ1) is 20.3. The molecule has 3 heteroatoms. The molecule has 0 aliphatic heterocycles. The van der Waals surface area contributed by atoms with Crippen molar-refractivity contribution in [3.63, 3.8) is 0 Å². The molecular weight excluding hydrogens is 249 g/mol. The van der Waals surface area contributed by atoms with Gasteiger partial charge in [-0.25, -0.2) is 0 Å². The van der Waals surface area contributed by atoms with E-state index in [1.54, 1.807) is 13.0 Å². The second-order valence-corrected chi connectivity index (χ2v) is 4.84. The fourth-order valence-corrected chi connectivity index (χ4v) is 1.38. The summed E-state index contributed by atoms with van der Waals surface area (Å²) >= 11 is 0. The van der Waals surface area contributed by atoms with E-state index in [1.807, 2.05) is 48.5 Å². The predicted molar refractivity (Wildman–Crippen MR) is 77.6 cm³/mol. The maximum atomic E-state index is 12.5. The van der Waals surface area contributed by atoms with Gasteiger partial charge in [-0.15, -0.1) is 0 Å². The van der Waals surface area contributed by atoms with Crippen LogP contribution in [0, 0.1) is 6.92 Å². The third kappa shape index (κ3) is 7.24. The van der Waals surface area contributed by atoms with Crippen molar-refractivity contribution in [3.8, 4) is 0 Å². The number of hydrogen-bond acceptors (Lipinski definition) is 0. The van der Waals surface area contributed by atoms with E-state index in [2.05, 4.69) is 0 Å². The molecular formula is C16H27F3. The predicted octanol–water partition coefficient (Wildman–Crippen LogP) is 6.36. The lowest BCUT2D eigenvalue weighted by Crippen LogP contribution is -2.14. The maximum absolute atomic E-state index is 12.5. The summed E-state index contributed by atoms with van der Waals surface area (Å²) in [5, 5.41) is 0. The van der Waals surface area contributed by atoms with Crippen molar-refractivity contribution in [2.75, 3.05) is 0 Å². The first-order valence-corrected chi connectivity index (χ1v) is 6.80. The minimum atomic E-state index is -4.26. The Kier molecular flexibility index (Phi) is 8.81. The lowest BCUT2D eigenvalue weighted by atomic mass is 9.85. The number of aryl methyl sites for hydroxylation is 1. The highest BCUT2D eigenvalue weighted by Crippen LogP contribution is 2.33. The molecule has 0 N–H and O–H groups in total. The Morgan fingerprint density at radius 3 is 1.42 bits per heavy atom. The van der Waals surface area contributed by atoms with Crippen molar-refractivity contribution in [3.05, 3.63) is 34.9 Å². The van der Waals surface area contributed by atoms with E-state index in [9.17, 15) is 13.2 Å². The van der Waals surface area contributed by atoms with Gasteiger partial charge in [-0.1, -0.05) is 60.1 Å². The van der Waals surface area contributed by atoms with E-state index in [0.29, 0.717) is 5.56 Å². The Morgan fingerprint density at radius 2 is 1.11 bits per heavy atom. The standard InChI is InChI=1S/C12H15F3.2C2H6/c1-8-5-9(11(2,3)4)7-10(6-8)12(13,14)15;2*1-2/h5-7H,1-4H3;2*1-2H3. The van der Waals surface area contributed by atoms with Gasteiger partial charge in [0.2, 0.25) is 0 Å². The van der Waals surface area contributed by atoms with Crippen molar-refractivity contribution in [1.29, 1.82) is 0 Å². The van der Waals surface area contributed by atoms with Gasteiger partial charge in [-0.3, -0.25) is 0 Å². The zero-order valence-electron chi connectivity index (χ0n) is 13.4. The molecule has 0 atom stereocenters. The molecule has 0 bridgehead atoms. The minimum Gasteiger partial charge on any atom is -0.166 e. The molecule has 0 aromatic heterocycles. The van der Waals surface area contributed by atoms with Crippen LogP contribution in [0.3, 0.4) is 0 Å². The number of alkyl halides is 3. The van der Waals surface area contributed by atoms with Crippen LogP contribution in [0.2, 0.25) is 0 Å². The molecule has 0 aliphatic carbocycles. The molecule has 1 aromatic carbocycles. The monoisotopic (exact) mass is 276 g/mol. The Bertz CT molecular complexity index is 325. The molecule has 1 aromatic rings. The zero-order chi connectivity index (χ0) is 15.9. The number of halogens is 3. The van der Waals surface area contributed by atoms with E-state index in [0.717, 1.165) is 5.56 Å². The van der Waals surface area contributed by atoms with Crippen LogP contribution in [0.25, 0.3) is 0 Å². The van der Waals surface area contributed by atoms with Crippen molar-refractivity contribution < 1.29 is 13.2 Å². The largest absolute Gasteiger partial charge is 0.416 e. The highest BCUT2D eigenvalue weighted by atomic mass is 19.4. The average Bonchev–Trinajstić information content (AvgIpc) is 2.31. The molecule has 19 heavy (non-hydrogen) atoms. The third-order valence-electron chi connectivity index (χ3n) is 2.27. The van der Waals surface area contributed by atoms with E-state index in [1.165, 1.54) is 12.1 Å². The molecule has 0 heterocycles. The summed E-state index contributed by atoms with van der Waals surface area (Å²) in [6, 6.07) is 4.21. The van der Waals surface area contributed by atoms with E-state index in [4.69, 9.17) is 0 Å². The van der Waals surface area contributed by atoms with Gasteiger partial charge < -0.3 is 0 Å². The maximum Gasteiger partial charge on any atom is 0.416 e. The summed E-state index contributed by atoms with van der Waals surface area (Å²) in [7, 11) is 0. The second kappa shape index (κ2) is 8.23. The molecule has 0 saturated carbocycles. The fourth-order valence-electron chi connectivity index (χ4n) is 1.38. The normalized spacial score (nSPS) is 10.9. The van der Waals surface area contributed by atoms with Gasteiger partial charge in [0, 0.05) is 0 Å². The van der Waals surface area contributed by atoms with E-state index in [-0.39, 0.29) is 5.41 Å². The van der Waals surface area contributed by atoms with Crippen LogP contribution >= 0.6 is 0 Å². The summed E-state index contributed by atoms with van der Waals surface area (Å²) in [5.74, 6) is 0. The van der Waals surface area contributed by atoms with Crippen molar-refractivity contribution in [2.45, 2.75) is 67.0 Å². The van der Waals surface area contributed by atoms with Gasteiger partial charge in [-0.2, -0.15) is 13.2 Å². The molecule has 0 radical (unpaired) electrons. The van der Waals surface area contributed by atoms with Gasteiger partial charge in [0.05, 0.1) is 5.56 Å². The SMILES string of the molecule is CC.CC.Cc1cc(C(C)(C)C)cc(C(F)(F)F)c1.